The quantitative estimate of drug-likeness (QED) is 0.469. The molecule has 10 heteroatoms. The molecule has 0 atom stereocenters. The van der Waals surface area contributed by atoms with Gasteiger partial charge in [-0.2, -0.15) is 0 Å². The fourth-order valence-electron chi connectivity index (χ4n) is 2.92. The maximum atomic E-state index is 13.3. The predicted molar refractivity (Wildman–Crippen MR) is 107 cm³/mol. The van der Waals surface area contributed by atoms with Gasteiger partial charge in [0, 0.05) is 13.1 Å². The maximum absolute atomic E-state index is 13.3. The number of benzene rings is 2. The van der Waals surface area contributed by atoms with Gasteiger partial charge in [0.1, 0.15) is 23.0 Å². The van der Waals surface area contributed by atoms with Crippen molar-refractivity contribution in [2.45, 2.75) is 6.54 Å². The van der Waals surface area contributed by atoms with Crippen LogP contribution in [0.15, 0.2) is 58.1 Å². The Morgan fingerprint density at radius 1 is 1.03 bits per heavy atom. The van der Waals surface area contributed by atoms with E-state index >= 15 is 0 Å². The van der Waals surface area contributed by atoms with Crippen molar-refractivity contribution in [2.75, 3.05) is 12.3 Å². The molecular formula is C21H17F2N3O5. The highest BCUT2D eigenvalue weighted by Gasteiger charge is 2.23. The first-order chi connectivity index (χ1) is 14.7. The summed E-state index contributed by atoms with van der Waals surface area (Å²) in [5.41, 5.74) is 3.99. The van der Waals surface area contributed by atoms with Crippen LogP contribution in [0.5, 0.6) is 0 Å². The second-order valence-corrected chi connectivity index (χ2v) is 6.64. The third-order valence-corrected chi connectivity index (χ3v) is 4.48. The normalized spacial score (nSPS) is 10.7. The molecule has 31 heavy (non-hydrogen) atoms. The number of halogens is 2. The molecule has 3 rings (SSSR count). The third kappa shape index (κ3) is 4.58. The van der Waals surface area contributed by atoms with Crippen molar-refractivity contribution in [2.24, 2.45) is 7.05 Å². The second-order valence-electron chi connectivity index (χ2n) is 6.64. The van der Waals surface area contributed by atoms with E-state index < -0.39 is 52.4 Å². The molecular weight excluding hydrogens is 412 g/mol. The Hall–Kier alpha value is -4.08. The lowest BCUT2D eigenvalue weighted by Gasteiger charge is -2.14. The number of aromatic nitrogens is 2. The average Bonchev–Trinajstić information content (AvgIpc) is 2.73. The molecule has 1 heterocycles. The minimum atomic E-state index is -1.17. The number of ether oxygens (including phenoxy) is 1. The average molecular weight is 429 g/mol. The Labute approximate surface area is 174 Å². The number of ketones is 1. The van der Waals surface area contributed by atoms with Gasteiger partial charge in [0.25, 0.3) is 5.56 Å². The summed E-state index contributed by atoms with van der Waals surface area (Å²) < 4.78 is 33.1. The van der Waals surface area contributed by atoms with E-state index in [4.69, 9.17) is 10.5 Å². The number of nitrogens with zero attached hydrogens (tertiary/aromatic N) is 2. The minimum Gasteiger partial charge on any atom is -0.454 e. The van der Waals surface area contributed by atoms with Gasteiger partial charge in [-0.3, -0.25) is 18.7 Å². The summed E-state index contributed by atoms with van der Waals surface area (Å²) in [6.07, 6.45) is 0. The van der Waals surface area contributed by atoms with Crippen LogP contribution in [-0.2, 0) is 18.3 Å². The van der Waals surface area contributed by atoms with Gasteiger partial charge in [0.2, 0.25) is 5.78 Å². The van der Waals surface area contributed by atoms with E-state index in [9.17, 15) is 28.0 Å². The van der Waals surface area contributed by atoms with Crippen molar-refractivity contribution in [1.82, 2.24) is 9.13 Å². The summed E-state index contributed by atoms with van der Waals surface area (Å²) in [5, 5.41) is 0. The number of carbonyl (C=O) groups is 2. The molecule has 3 aromatic rings. The van der Waals surface area contributed by atoms with Crippen LogP contribution in [0.4, 0.5) is 14.6 Å². The van der Waals surface area contributed by atoms with Gasteiger partial charge in [0.15, 0.2) is 6.61 Å². The fraction of sp³-hybridized carbons (Fsp3) is 0.143. The molecule has 0 unspecified atom stereocenters. The van der Waals surface area contributed by atoms with Crippen LogP contribution in [0.1, 0.15) is 26.3 Å². The Morgan fingerprint density at radius 2 is 1.65 bits per heavy atom. The minimum absolute atomic E-state index is 0.00225. The fourth-order valence-corrected chi connectivity index (χ4v) is 2.92. The topological polar surface area (TPSA) is 113 Å². The third-order valence-electron chi connectivity index (χ3n) is 4.48. The first kappa shape index (κ1) is 21.6. The number of esters is 1. The van der Waals surface area contributed by atoms with Crippen LogP contribution < -0.4 is 17.0 Å². The summed E-state index contributed by atoms with van der Waals surface area (Å²) in [6, 6.07) is 10.8. The lowest BCUT2D eigenvalue weighted by Crippen LogP contribution is -2.43. The zero-order valence-electron chi connectivity index (χ0n) is 16.3. The summed E-state index contributed by atoms with van der Waals surface area (Å²) in [5.74, 6) is -4.51. The van der Waals surface area contributed by atoms with Gasteiger partial charge in [-0.25, -0.2) is 18.4 Å². The molecule has 0 saturated heterocycles. The number of nitrogen functional groups attached to an aromatic ring is 1. The van der Waals surface area contributed by atoms with Crippen molar-refractivity contribution < 1.29 is 23.1 Å². The van der Waals surface area contributed by atoms with Gasteiger partial charge >= 0.3 is 11.7 Å². The molecule has 0 bridgehead atoms. The molecule has 0 radical (unpaired) electrons. The molecule has 8 nitrogen and oxygen atoms in total. The van der Waals surface area contributed by atoms with E-state index in [0.717, 1.165) is 21.3 Å². The first-order valence-electron chi connectivity index (χ1n) is 8.98. The Kier molecular flexibility index (Phi) is 6.10. The molecule has 160 valence electrons. The Morgan fingerprint density at radius 3 is 2.26 bits per heavy atom. The molecule has 0 aliphatic heterocycles. The molecule has 2 aromatic carbocycles. The standard InChI is InChI=1S/C21H17F2N3O5/c1-25-19(28)17(18(24)26(21(25)30)10-12-5-3-2-4-6-12)16(27)11-31-20(29)13-7-14(22)9-15(23)8-13/h2-9H,10-11,24H2,1H3. The SMILES string of the molecule is Cn1c(=O)c(C(=O)COC(=O)c2cc(F)cc(F)c2)c(N)n(Cc2ccccc2)c1=O. The number of nitrogens with two attached hydrogens (primary N) is 1. The highest BCUT2D eigenvalue weighted by molar-refractivity contribution is 6.02. The highest BCUT2D eigenvalue weighted by atomic mass is 19.1. The maximum Gasteiger partial charge on any atom is 0.338 e. The number of anilines is 1. The number of carbonyl (C=O) groups excluding carboxylic acids is 2. The zero-order chi connectivity index (χ0) is 22.7. The number of hydrogen-bond acceptors (Lipinski definition) is 6. The smallest absolute Gasteiger partial charge is 0.338 e. The number of hydrogen-bond donors (Lipinski definition) is 1. The van der Waals surface area contributed by atoms with Gasteiger partial charge in [0.05, 0.1) is 12.1 Å². The second kappa shape index (κ2) is 8.74. The van der Waals surface area contributed by atoms with E-state index in [0.29, 0.717) is 11.6 Å². The van der Waals surface area contributed by atoms with Crippen LogP contribution in [0, 0.1) is 11.6 Å². The summed E-state index contributed by atoms with van der Waals surface area (Å²) in [6.45, 7) is -0.914. The van der Waals surface area contributed by atoms with E-state index in [1.807, 2.05) is 0 Å². The van der Waals surface area contributed by atoms with Crippen molar-refractivity contribution in [3.05, 3.63) is 97.7 Å². The van der Waals surface area contributed by atoms with Gasteiger partial charge in [-0.1, -0.05) is 30.3 Å². The molecule has 0 spiro atoms. The van der Waals surface area contributed by atoms with Crippen LogP contribution in [0.25, 0.3) is 0 Å². The van der Waals surface area contributed by atoms with Crippen LogP contribution >= 0.6 is 0 Å². The number of rotatable bonds is 6. The van der Waals surface area contributed by atoms with Crippen LogP contribution in [0.3, 0.4) is 0 Å². The largest absolute Gasteiger partial charge is 0.454 e. The molecule has 0 fully saturated rings. The Bertz CT molecular complexity index is 1260. The number of Topliss-reactive ketones (excluding diaryl/α,β-unsaturated/α-hetero) is 1. The van der Waals surface area contributed by atoms with E-state index in [1.165, 1.54) is 7.05 Å². The van der Waals surface area contributed by atoms with E-state index in [2.05, 4.69) is 0 Å². The predicted octanol–water partition coefficient (Wildman–Crippen LogP) is 1.50. The molecule has 0 aliphatic carbocycles. The van der Waals surface area contributed by atoms with Gasteiger partial charge < -0.3 is 10.5 Å². The molecule has 1 aromatic heterocycles. The van der Waals surface area contributed by atoms with Crippen molar-refractivity contribution >= 4 is 17.6 Å². The summed E-state index contributed by atoms with van der Waals surface area (Å²) in [4.78, 5) is 49.5. The van der Waals surface area contributed by atoms with Crippen molar-refractivity contribution in [3.63, 3.8) is 0 Å². The van der Waals surface area contributed by atoms with Crippen LogP contribution in [0.2, 0.25) is 0 Å². The monoisotopic (exact) mass is 429 g/mol. The lowest BCUT2D eigenvalue weighted by atomic mass is 10.1. The van der Waals surface area contributed by atoms with E-state index in [1.54, 1.807) is 30.3 Å². The molecule has 0 amide bonds. The lowest BCUT2D eigenvalue weighted by molar-refractivity contribution is 0.0473. The van der Waals surface area contributed by atoms with Gasteiger partial charge in [-0.15, -0.1) is 0 Å². The van der Waals surface area contributed by atoms with Crippen LogP contribution in [-0.4, -0.2) is 27.5 Å². The van der Waals surface area contributed by atoms with Gasteiger partial charge in [-0.05, 0) is 17.7 Å². The summed E-state index contributed by atoms with van der Waals surface area (Å²) >= 11 is 0. The van der Waals surface area contributed by atoms with E-state index in [-0.39, 0.29) is 12.4 Å². The molecule has 0 aliphatic rings. The first-order valence-corrected chi connectivity index (χ1v) is 8.98. The Balaban J connectivity index is 1.89. The molecule has 2 N–H and O–H groups in total. The summed E-state index contributed by atoms with van der Waals surface area (Å²) in [7, 11) is 1.18. The highest BCUT2D eigenvalue weighted by Crippen LogP contribution is 2.12. The molecule has 0 saturated carbocycles. The van der Waals surface area contributed by atoms with Crippen molar-refractivity contribution in [3.8, 4) is 0 Å². The zero-order valence-corrected chi connectivity index (χ0v) is 16.3. The van der Waals surface area contributed by atoms with Crippen molar-refractivity contribution in [1.29, 1.82) is 0 Å².